The molecule has 0 unspecified atom stereocenters. The average molecular weight is 275 g/mol. The fourth-order valence-electron chi connectivity index (χ4n) is 2.45. The molecule has 20 heavy (non-hydrogen) atoms. The van der Waals surface area contributed by atoms with Crippen molar-refractivity contribution in [3.63, 3.8) is 0 Å². The number of nitrogens with zero attached hydrogens (tertiary/aromatic N) is 2. The molecule has 1 aromatic heterocycles. The maximum Gasteiger partial charge on any atom is 0.225 e. The van der Waals surface area contributed by atoms with Gasteiger partial charge in [0.05, 0.1) is 12.0 Å². The number of nitrogens with one attached hydrogen (secondary N) is 1. The number of pyridine rings is 1. The largest absolute Gasteiger partial charge is 0.349 e. The molecule has 1 N–H and O–H groups in total. The van der Waals surface area contributed by atoms with E-state index >= 15 is 0 Å². The van der Waals surface area contributed by atoms with Crippen LogP contribution in [0.5, 0.6) is 0 Å². The average Bonchev–Trinajstić information content (AvgIpc) is 2.82. The smallest absolute Gasteiger partial charge is 0.225 e. The molecule has 0 bridgehead atoms. The highest BCUT2D eigenvalue weighted by Gasteiger charge is 2.35. The molecular weight excluding hydrogens is 254 g/mol. The first-order valence-electron chi connectivity index (χ1n) is 6.98. The summed E-state index contributed by atoms with van der Waals surface area (Å²) in [6.07, 6.45) is 3.75. The monoisotopic (exact) mass is 275 g/mol. The molecule has 2 amide bonds. The van der Waals surface area contributed by atoms with Crippen LogP contribution in [0.2, 0.25) is 0 Å². The highest BCUT2D eigenvalue weighted by atomic mass is 16.2. The van der Waals surface area contributed by atoms with E-state index in [0.29, 0.717) is 13.0 Å². The van der Waals surface area contributed by atoms with Gasteiger partial charge in [-0.3, -0.25) is 14.6 Å². The van der Waals surface area contributed by atoms with Gasteiger partial charge in [0.2, 0.25) is 11.8 Å². The van der Waals surface area contributed by atoms with Crippen LogP contribution in [0.3, 0.4) is 0 Å². The van der Waals surface area contributed by atoms with Gasteiger partial charge >= 0.3 is 0 Å². The second kappa shape index (κ2) is 6.03. The number of carbonyl (C=O) groups is 2. The van der Waals surface area contributed by atoms with Gasteiger partial charge in [-0.2, -0.15) is 0 Å². The third kappa shape index (κ3) is 3.15. The van der Waals surface area contributed by atoms with Crippen molar-refractivity contribution >= 4 is 11.8 Å². The van der Waals surface area contributed by atoms with Crippen LogP contribution < -0.4 is 5.32 Å². The SMILES string of the molecule is CC(C)N1C[C@@H](C(=O)N[C@@H](C)c2cccnc2)CC1=O. The van der Waals surface area contributed by atoms with Crippen molar-refractivity contribution in [3.05, 3.63) is 30.1 Å². The van der Waals surface area contributed by atoms with Crippen molar-refractivity contribution in [2.24, 2.45) is 5.92 Å². The minimum Gasteiger partial charge on any atom is -0.349 e. The highest BCUT2D eigenvalue weighted by Crippen LogP contribution is 2.21. The second-order valence-electron chi connectivity index (χ2n) is 5.56. The van der Waals surface area contributed by atoms with Gasteiger partial charge < -0.3 is 10.2 Å². The second-order valence-corrected chi connectivity index (χ2v) is 5.56. The van der Waals surface area contributed by atoms with Crippen molar-refractivity contribution < 1.29 is 9.59 Å². The van der Waals surface area contributed by atoms with Crippen LogP contribution in [0, 0.1) is 5.92 Å². The molecule has 1 aliphatic heterocycles. The van der Waals surface area contributed by atoms with Gasteiger partial charge in [-0.25, -0.2) is 0 Å². The summed E-state index contributed by atoms with van der Waals surface area (Å²) in [5, 5.41) is 2.96. The van der Waals surface area contributed by atoms with Crippen LogP contribution in [0.4, 0.5) is 0 Å². The van der Waals surface area contributed by atoms with Gasteiger partial charge in [-0.05, 0) is 32.4 Å². The van der Waals surface area contributed by atoms with Gasteiger partial charge in [0.25, 0.3) is 0 Å². The molecule has 1 saturated heterocycles. The van der Waals surface area contributed by atoms with Crippen molar-refractivity contribution in [2.75, 3.05) is 6.54 Å². The summed E-state index contributed by atoms with van der Waals surface area (Å²) in [4.78, 5) is 29.9. The van der Waals surface area contributed by atoms with Crippen LogP contribution >= 0.6 is 0 Å². The predicted molar refractivity (Wildman–Crippen MR) is 75.8 cm³/mol. The molecule has 0 radical (unpaired) electrons. The summed E-state index contributed by atoms with van der Waals surface area (Å²) >= 11 is 0. The Labute approximate surface area is 119 Å². The first-order valence-corrected chi connectivity index (χ1v) is 6.98. The molecule has 1 fully saturated rings. The fraction of sp³-hybridized carbons (Fsp3) is 0.533. The normalized spacial score (nSPS) is 20.3. The molecule has 0 aromatic carbocycles. The lowest BCUT2D eigenvalue weighted by Crippen LogP contribution is -2.36. The fourth-order valence-corrected chi connectivity index (χ4v) is 2.45. The van der Waals surface area contributed by atoms with Gasteiger partial charge in [0, 0.05) is 31.4 Å². The quantitative estimate of drug-likeness (QED) is 0.906. The number of likely N-dealkylation sites (tertiary alicyclic amines) is 1. The first kappa shape index (κ1) is 14.5. The molecule has 108 valence electrons. The minimum absolute atomic E-state index is 0.0575. The van der Waals surface area contributed by atoms with Crippen LogP contribution in [0.15, 0.2) is 24.5 Å². The number of aromatic nitrogens is 1. The van der Waals surface area contributed by atoms with E-state index in [9.17, 15) is 9.59 Å². The number of carbonyl (C=O) groups excluding carboxylic acids is 2. The van der Waals surface area contributed by atoms with E-state index in [1.165, 1.54) is 0 Å². The number of amides is 2. The van der Waals surface area contributed by atoms with Crippen molar-refractivity contribution in [1.29, 1.82) is 0 Å². The predicted octanol–water partition coefficient (Wildman–Crippen LogP) is 1.52. The zero-order valence-corrected chi connectivity index (χ0v) is 12.2. The van der Waals surface area contributed by atoms with E-state index in [0.717, 1.165) is 5.56 Å². The number of hydrogen-bond acceptors (Lipinski definition) is 3. The van der Waals surface area contributed by atoms with Gasteiger partial charge in [-0.1, -0.05) is 6.07 Å². The summed E-state index contributed by atoms with van der Waals surface area (Å²) < 4.78 is 0. The summed E-state index contributed by atoms with van der Waals surface area (Å²) in [5.41, 5.74) is 0.964. The Hall–Kier alpha value is -1.91. The molecule has 1 aromatic rings. The molecule has 0 aliphatic carbocycles. The Balaban J connectivity index is 1.95. The molecule has 2 heterocycles. The molecule has 0 saturated carbocycles. The molecule has 5 heteroatoms. The minimum atomic E-state index is -0.246. The summed E-state index contributed by atoms with van der Waals surface area (Å²) in [7, 11) is 0. The molecule has 1 aliphatic rings. The zero-order valence-electron chi connectivity index (χ0n) is 12.2. The molecule has 2 rings (SSSR count). The van der Waals surface area contributed by atoms with Gasteiger partial charge in [-0.15, -0.1) is 0 Å². The van der Waals surface area contributed by atoms with Crippen LogP contribution in [-0.4, -0.2) is 34.3 Å². The summed E-state index contributed by atoms with van der Waals surface area (Å²) in [6.45, 7) is 6.38. The Morgan fingerprint density at radius 2 is 2.20 bits per heavy atom. The Morgan fingerprint density at radius 1 is 1.45 bits per heavy atom. The van der Waals surface area contributed by atoms with E-state index in [2.05, 4.69) is 10.3 Å². The lowest BCUT2D eigenvalue weighted by molar-refractivity contribution is -0.130. The highest BCUT2D eigenvalue weighted by molar-refractivity contribution is 5.89. The van der Waals surface area contributed by atoms with E-state index in [1.54, 1.807) is 17.3 Å². The van der Waals surface area contributed by atoms with E-state index < -0.39 is 0 Å². The third-order valence-corrected chi connectivity index (χ3v) is 3.70. The van der Waals surface area contributed by atoms with Crippen molar-refractivity contribution in [3.8, 4) is 0 Å². The van der Waals surface area contributed by atoms with E-state index in [1.807, 2.05) is 32.9 Å². The zero-order chi connectivity index (χ0) is 14.7. The molecular formula is C15H21N3O2. The first-order chi connectivity index (χ1) is 9.49. The standard InChI is InChI=1S/C15H21N3O2/c1-10(2)18-9-13(7-14(18)19)15(20)17-11(3)12-5-4-6-16-8-12/h4-6,8,10-11,13H,7,9H2,1-3H3,(H,17,20)/t11-,13-/m0/s1. The Morgan fingerprint density at radius 3 is 2.75 bits per heavy atom. The molecule has 2 atom stereocenters. The van der Waals surface area contributed by atoms with Crippen LogP contribution in [0.25, 0.3) is 0 Å². The molecule has 5 nitrogen and oxygen atoms in total. The molecule has 0 spiro atoms. The number of rotatable bonds is 4. The third-order valence-electron chi connectivity index (χ3n) is 3.70. The number of hydrogen-bond donors (Lipinski definition) is 1. The van der Waals surface area contributed by atoms with E-state index in [-0.39, 0.29) is 29.8 Å². The lowest BCUT2D eigenvalue weighted by Gasteiger charge is -2.21. The van der Waals surface area contributed by atoms with E-state index in [4.69, 9.17) is 0 Å². The summed E-state index contributed by atoms with van der Waals surface area (Å²) in [6, 6.07) is 3.82. The van der Waals surface area contributed by atoms with Gasteiger partial charge in [0.15, 0.2) is 0 Å². The van der Waals surface area contributed by atoms with Crippen LogP contribution in [-0.2, 0) is 9.59 Å². The Bertz CT molecular complexity index is 487. The summed E-state index contributed by atoms with van der Waals surface area (Å²) in [5.74, 6) is -0.240. The maximum atomic E-state index is 12.2. The Kier molecular flexibility index (Phi) is 4.37. The van der Waals surface area contributed by atoms with Crippen molar-refractivity contribution in [1.82, 2.24) is 15.2 Å². The van der Waals surface area contributed by atoms with Gasteiger partial charge in [0.1, 0.15) is 0 Å². The topological polar surface area (TPSA) is 62.3 Å². The maximum absolute atomic E-state index is 12.2. The lowest BCUT2D eigenvalue weighted by atomic mass is 10.1. The van der Waals surface area contributed by atoms with Crippen LogP contribution in [0.1, 0.15) is 38.8 Å². The van der Waals surface area contributed by atoms with Crippen molar-refractivity contribution in [2.45, 2.75) is 39.3 Å².